The van der Waals surface area contributed by atoms with Gasteiger partial charge in [0.05, 0.1) is 24.2 Å². The molecule has 1 amide bonds. The van der Waals surface area contributed by atoms with Crippen LogP contribution in [0.1, 0.15) is 16.8 Å². The Kier molecular flexibility index (Phi) is 4.95. The van der Waals surface area contributed by atoms with Gasteiger partial charge in [0.1, 0.15) is 5.75 Å². The van der Waals surface area contributed by atoms with Crippen LogP contribution in [0.3, 0.4) is 0 Å². The van der Waals surface area contributed by atoms with E-state index < -0.39 is 5.76 Å². The van der Waals surface area contributed by atoms with Gasteiger partial charge in [-0.1, -0.05) is 0 Å². The summed E-state index contributed by atoms with van der Waals surface area (Å²) in [5.74, 6) is 0.136. The quantitative estimate of drug-likeness (QED) is 0.661. The van der Waals surface area contributed by atoms with E-state index in [0.29, 0.717) is 41.1 Å². The topological polar surface area (TPSA) is 108 Å². The van der Waals surface area contributed by atoms with E-state index in [1.54, 1.807) is 18.2 Å². The van der Waals surface area contributed by atoms with Crippen molar-refractivity contribution < 1.29 is 18.7 Å². The van der Waals surface area contributed by atoms with Crippen LogP contribution in [0.25, 0.3) is 11.1 Å². The average Bonchev–Trinajstić information content (AvgIpc) is 3.13. The van der Waals surface area contributed by atoms with Crippen molar-refractivity contribution >= 4 is 34.2 Å². The van der Waals surface area contributed by atoms with Gasteiger partial charge in [0.2, 0.25) is 5.91 Å². The minimum Gasteiger partial charge on any atom is -0.492 e. The molecule has 3 aromatic rings. The minimum atomic E-state index is -0.521. The SMILES string of the molecule is O=C(CN1CCN(c2ccc3c(c2)C(=O)CCO3)CC1)Nc1ccc2[nH]c(=O)oc2c1. The van der Waals surface area contributed by atoms with Crippen LogP contribution >= 0.6 is 0 Å². The van der Waals surface area contributed by atoms with E-state index in [2.05, 4.69) is 20.1 Å². The van der Waals surface area contributed by atoms with Crippen molar-refractivity contribution in [3.63, 3.8) is 0 Å². The lowest BCUT2D eigenvalue weighted by Gasteiger charge is -2.36. The Labute approximate surface area is 177 Å². The zero-order chi connectivity index (χ0) is 21.4. The Hall–Kier alpha value is -3.59. The molecule has 1 aromatic heterocycles. The molecule has 0 spiro atoms. The molecule has 3 heterocycles. The number of aromatic nitrogens is 1. The van der Waals surface area contributed by atoms with E-state index in [1.807, 2.05) is 18.2 Å². The predicted molar refractivity (Wildman–Crippen MR) is 115 cm³/mol. The van der Waals surface area contributed by atoms with Gasteiger partial charge in [-0.25, -0.2) is 4.79 Å². The number of Topliss-reactive ketones (excluding diaryl/α,β-unsaturated/α-hetero) is 1. The van der Waals surface area contributed by atoms with E-state index in [9.17, 15) is 14.4 Å². The van der Waals surface area contributed by atoms with Crippen molar-refractivity contribution in [2.45, 2.75) is 6.42 Å². The van der Waals surface area contributed by atoms with Crippen LogP contribution < -0.4 is 20.7 Å². The highest BCUT2D eigenvalue weighted by atomic mass is 16.5. The maximum absolute atomic E-state index is 12.5. The summed E-state index contributed by atoms with van der Waals surface area (Å²) in [6, 6.07) is 10.8. The summed E-state index contributed by atoms with van der Waals surface area (Å²) in [6.45, 7) is 3.73. The van der Waals surface area contributed by atoms with E-state index in [4.69, 9.17) is 9.15 Å². The monoisotopic (exact) mass is 422 g/mol. The van der Waals surface area contributed by atoms with Gasteiger partial charge in [-0.15, -0.1) is 0 Å². The Bertz CT molecular complexity index is 1210. The van der Waals surface area contributed by atoms with E-state index in [1.165, 1.54) is 0 Å². The normalized spacial score (nSPS) is 16.8. The standard InChI is InChI=1S/C22H22N4O5/c27-18-5-10-30-19-4-2-15(12-16(18)19)26-8-6-25(7-9-26)13-21(28)23-14-1-3-17-20(11-14)31-22(29)24-17/h1-4,11-12H,5-10,13H2,(H,23,28)(H,24,29). The Morgan fingerprint density at radius 2 is 1.90 bits per heavy atom. The zero-order valence-electron chi connectivity index (χ0n) is 16.8. The van der Waals surface area contributed by atoms with Crippen LogP contribution in [-0.4, -0.2) is 60.9 Å². The maximum atomic E-state index is 12.5. The second kappa shape index (κ2) is 7.92. The van der Waals surface area contributed by atoms with Crippen LogP contribution in [-0.2, 0) is 4.79 Å². The Morgan fingerprint density at radius 1 is 1.06 bits per heavy atom. The molecule has 2 aliphatic rings. The molecule has 9 nitrogen and oxygen atoms in total. The molecule has 9 heteroatoms. The minimum absolute atomic E-state index is 0.121. The Balaban J connectivity index is 1.17. The number of ether oxygens (including phenoxy) is 1. The lowest BCUT2D eigenvalue weighted by Crippen LogP contribution is -2.48. The number of amides is 1. The summed E-state index contributed by atoms with van der Waals surface area (Å²) in [5.41, 5.74) is 3.24. The van der Waals surface area contributed by atoms with E-state index >= 15 is 0 Å². The number of piperazine rings is 1. The fourth-order valence-electron chi connectivity index (χ4n) is 4.04. The molecule has 0 aliphatic carbocycles. The van der Waals surface area contributed by atoms with E-state index in [0.717, 1.165) is 31.9 Å². The first-order chi connectivity index (χ1) is 15.0. The van der Waals surface area contributed by atoms with Crippen molar-refractivity contribution in [3.8, 4) is 5.75 Å². The first-order valence-electron chi connectivity index (χ1n) is 10.3. The number of H-pyrrole nitrogens is 1. The van der Waals surface area contributed by atoms with Gasteiger partial charge in [-0.05, 0) is 30.3 Å². The summed E-state index contributed by atoms with van der Waals surface area (Å²) in [4.78, 5) is 42.7. The number of anilines is 2. The second-order valence-electron chi connectivity index (χ2n) is 7.74. The number of oxazole rings is 1. The lowest BCUT2D eigenvalue weighted by molar-refractivity contribution is -0.117. The van der Waals surface area contributed by atoms with Gasteiger partial charge in [0.15, 0.2) is 11.4 Å². The van der Waals surface area contributed by atoms with Gasteiger partial charge in [0.25, 0.3) is 0 Å². The molecule has 2 N–H and O–H groups in total. The number of nitrogens with one attached hydrogen (secondary N) is 2. The fourth-order valence-corrected chi connectivity index (χ4v) is 4.04. The third kappa shape index (κ3) is 4.04. The summed E-state index contributed by atoms with van der Waals surface area (Å²) >= 11 is 0. The number of hydrogen-bond acceptors (Lipinski definition) is 7. The highest BCUT2D eigenvalue weighted by Crippen LogP contribution is 2.29. The maximum Gasteiger partial charge on any atom is 0.417 e. The summed E-state index contributed by atoms with van der Waals surface area (Å²) in [6.07, 6.45) is 0.419. The number of benzene rings is 2. The first-order valence-corrected chi connectivity index (χ1v) is 10.3. The summed E-state index contributed by atoms with van der Waals surface area (Å²) < 4.78 is 10.6. The number of carbonyl (C=O) groups excluding carboxylic acids is 2. The smallest absolute Gasteiger partial charge is 0.417 e. The van der Waals surface area contributed by atoms with Crippen LogP contribution in [0.2, 0.25) is 0 Å². The fraction of sp³-hybridized carbons (Fsp3) is 0.318. The van der Waals surface area contributed by atoms with E-state index in [-0.39, 0.29) is 18.2 Å². The summed E-state index contributed by atoms with van der Waals surface area (Å²) in [7, 11) is 0. The third-order valence-electron chi connectivity index (χ3n) is 5.66. The molecule has 2 aromatic carbocycles. The molecule has 0 saturated carbocycles. The highest BCUT2D eigenvalue weighted by molar-refractivity contribution is 6.00. The number of fused-ring (bicyclic) bond motifs is 2. The van der Waals surface area contributed by atoms with Gasteiger partial charge in [-0.2, -0.15) is 0 Å². The molecule has 31 heavy (non-hydrogen) atoms. The molecule has 2 aliphatic heterocycles. The van der Waals surface area contributed by atoms with Crippen molar-refractivity contribution in [2.24, 2.45) is 0 Å². The number of carbonyl (C=O) groups is 2. The Morgan fingerprint density at radius 3 is 2.74 bits per heavy atom. The largest absolute Gasteiger partial charge is 0.492 e. The average molecular weight is 422 g/mol. The molecular weight excluding hydrogens is 400 g/mol. The number of hydrogen-bond donors (Lipinski definition) is 2. The van der Waals surface area contributed by atoms with Crippen LogP contribution in [0, 0.1) is 0 Å². The van der Waals surface area contributed by atoms with Gasteiger partial charge in [0, 0.05) is 50.0 Å². The summed E-state index contributed by atoms with van der Waals surface area (Å²) in [5, 5.41) is 2.85. The molecule has 0 bridgehead atoms. The molecule has 0 radical (unpaired) electrons. The molecule has 5 rings (SSSR count). The third-order valence-corrected chi connectivity index (χ3v) is 5.66. The lowest BCUT2D eigenvalue weighted by atomic mass is 10.0. The van der Waals surface area contributed by atoms with Crippen LogP contribution in [0.4, 0.5) is 11.4 Å². The number of ketones is 1. The zero-order valence-corrected chi connectivity index (χ0v) is 16.8. The first kappa shape index (κ1) is 19.4. The number of rotatable bonds is 4. The van der Waals surface area contributed by atoms with Crippen molar-refractivity contribution in [3.05, 3.63) is 52.5 Å². The molecule has 1 saturated heterocycles. The second-order valence-corrected chi connectivity index (χ2v) is 7.74. The van der Waals surface area contributed by atoms with Gasteiger partial charge in [-0.3, -0.25) is 19.5 Å². The molecule has 1 fully saturated rings. The van der Waals surface area contributed by atoms with Gasteiger partial charge < -0.3 is 19.4 Å². The molecular formula is C22H22N4O5. The van der Waals surface area contributed by atoms with Crippen LogP contribution in [0.5, 0.6) is 5.75 Å². The molecule has 0 atom stereocenters. The van der Waals surface area contributed by atoms with Crippen LogP contribution in [0.15, 0.2) is 45.6 Å². The molecule has 160 valence electrons. The van der Waals surface area contributed by atoms with Gasteiger partial charge >= 0.3 is 5.76 Å². The van der Waals surface area contributed by atoms with Crippen molar-refractivity contribution in [1.29, 1.82) is 0 Å². The van der Waals surface area contributed by atoms with Crippen molar-refractivity contribution in [2.75, 3.05) is 49.5 Å². The molecule has 0 unspecified atom stereocenters. The highest BCUT2D eigenvalue weighted by Gasteiger charge is 2.23. The number of nitrogens with zero attached hydrogens (tertiary/aromatic N) is 2. The van der Waals surface area contributed by atoms with Crippen molar-refractivity contribution in [1.82, 2.24) is 9.88 Å². The predicted octanol–water partition coefficient (Wildman–Crippen LogP) is 1.85. The number of aromatic amines is 1.